The Morgan fingerprint density at radius 1 is 1.53 bits per heavy atom. The van der Waals surface area contributed by atoms with Crippen LogP contribution in [0.15, 0.2) is 24.3 Å². The minimum atomic E-state index is -0.500. The van der Waals surface area contributed by atoms with Crippen LogP contribution in [0.3, 0.4) is 0 Å². The van der Waals surface area contributed by atoms with Gasteiger partial charge in [-0.2, -0.15) is 0 Å². The van der Waals surface area contributed by atoms with Crippen molar-refractivity contribution in [2.75, 3.05) is 10.6 Å². The molecule has 0 aliphatic rings. The number of amides is 1. The molecule has 1 aromatic rings. The number of halogens is 2. The van der Waals surface area contributed by atoms with Gasteiger partial charge in [0.1, 0.15) is 0 Å². The lowest BCUT2D eigenvalue weighted by atomic mass is 10.2. The number of nitrogens with one attached hydrogen (secondary N) is 1. The Hall–Kier alpha value is -0.950. The van der Waals surface area contributed by atoms with Crippen LogP contribution in [0.1, 0.15) is 6.42 Å². The molecule has 1 atom stereocenters. The van der Waals surface area contributed by atoms with E-state index in [1.807, 2.05) is 0 Å². The first kappa shape index (κ1) is 14.1. The highest BCUT2D eigenvalue weighted by atomic mass is 79.9. The number of nitro groups is 1. The zero-order valence-corrected chi connectivity index (χ0v) is 11.9. The smallest absolute Gasteiger partial charge is 0.271 e. The van der Waals surface area contributed by atoms with Crippen molar-refractivity contribution in [2.45, 2.75) is 11.2 Å². The average Bonchev–Trinajstić information content (AvgIpc) is 2.29. The number of non-ortho nitro benzene ring substituents is 1. The van der Waals surface area contributed by atoms with Gasteiger partial charge < -0.3 is 5.32 Å². The molecule has 0 aliphatic heterocycles. The molecule has 7 heteroatoms. The molecule has 1 amide bonds. The number of anilines is 1. The molecule has 92 valence electrons. The van der Waals surface area contributed by atoms with Crippen molar-refractivity contribution in [2.24, 2.45) is 0 Å². The van der Waals surface area contributed by atoms with E-state index in [9.17, 15) is 14.9 Å². The first-order valence-corrected chi connectivity index (χ1v) is 6.83. The van der Waals surface area contributed by atoms with Gasteiger partial charge in [0, 0.05) is 23.2 Å². The summed E-state index contributed by atoms with van der Waals surface area (Å²) in [6.07, 6.45) is 0.640. The minimum absolute atomic E-state index is 0.0468. The SMILES string of the molecule is O=C(Nc1cccc([N+](=O)[O-])c1)C(Br)CCBr. The van der Waals surface area contributed by atoms with Crippen molar-refractivity contribution < 1.29 is 9.72 Å². The maximum atomic E-state index is 11.6. The van der Waals surface area contributed by atoms with Crippen LogP contribution in [0.4, 0.5) is 11.4 Å². The predicted molar refractivity (Wildman–Crippen MR) is 72.9 cm³/mol. The van der Waals surface area contributed by atoms with Gasteiger partial charge in [-0.15, -0.1) is 0 Å². The fourth-order valence-corrected chi connectivity index (χ4v) is 2.56. The zero-order valence-electron chi connectivity index (χ0n) is 8.73. The summed E-state index contributed by atoms with van der Waals surface area (Å²) in [5.74, 6) is -0.218. The maximum absolute atomic E-state index is 11.6. The van der Waals surface area contributed by atoms with Crippen LogP contribution < -0.4 is 5.32 Å². The highest BCUT2D eigenvalue weighted by Gasteiger charge is 2.15. The quantitative estimate of drug-likeness (QED) is 0.495. The molecule has 5 nitrogen and oxygen atoms in total. The highest BCUT2D eigenvalue weighted by Crippen LogP contribution is 2.18. The Labute approximate surface area is 115 Å². The Morgan fingerprint density at radius 2 is 2.24 bits per heavy atom. The number of nitrogens with zero attached hydrogens (tertiary/aromatic N) is 1. The summed E-state index contributed by atoms with van der Waals surface area (Å²) in [6, 6.07) is 5.84. The van der Waals surface area contributed by atoms with Gasteiger partial charge in [0.25, 0.3) is 5.69 Å². The maximum Gasteiger partial charge on any atom is 0.271 e. The van der Waals surface area contributed by atoms with Crippen LogP contribution in [-0.4, -0.2) is 21.0 Å². The second kappa shape index (κ2) is 6.70. The highest BCUT2D eigenvalue weighted by molar-refractivity contribution is 9.10. The Kier molecular flexibility index (Phi) is 5.57. The van der Waals surface area contributed by atoms with E-state index in [0.717, 1.165) is 0 Å². The van der Waals surface area contributed by atoms with Gasteiger partial charge in [-0.25, -0.2) is 0 Å². The summed E-state index contributed by atoms with van der Waals surface area (Å²) in [7, 11) is 0. The third kappa shape index (κ3) is 4.43. The molecule has 17 heavy (non-hydrogen) atoms. The Morgan fingerprint density at radius 3 is 2.82 bits per heavy atom. The molecule has 1 unspecified atom stereocenters. The molecule has 1 aromatic carbocycles. The number of carbonyl (C=O) groups is 1. The molecule has 0 aromatic heterocycles. The fourth-order valence-electron chi connectivity index (χ4n) is 1.14. The molecule has 1 N–H and O–H groups in total. The van der Waals surface area contributed by atoms with Crippen LogP contribution in [-0.2, 0) is 4.79 Å². The topological polar surface area (TPSA) is 72.2 Å². The third-order valence-corrected chi connectivity index (χ3v) is 3.30. The largest absolute Gasteiger partial charge is 0.325 e. The predicted octanol–water partition coefficient (Wildman–Crippen LogP) is 3.08. The van der Waals surface area contributed by atoms with Crippen molar-refractivity contribution in [3.63, 3.8) is 0 Å². The lowest BCUT2D eigenvalue weighted by molar-refractivity contribution is -0.384. The first-order valence-electron chi connectivity index (χ1n) is 4.80. The summed E-state index contributed by atoms with van der Waals surface area (Å²) in [5, 5.41) is 13.9. The van der Waals surface area contributed by atoms with E-state index in [4.69, 9.17) is 0 Å². The van der Waals surface area contributed by atoms with Crippen LogP contribution in [0.2, 0.25) is 0 Å². The van der Waals surface area contributed by atoms with Crippen molar-refractivity contribution in [1.82, 2.24) is 0 Å². The van der Waals surface area contributed by atoms with E-state index >= 15 is 0 Å². The third-order valence-electron chi connectivity index (χ3n) is 1.97. The van der Waals surface area contributed by atoms with Crippen molar-refractivity contribution in [1.29, 1.82) is 0 Å². The molecular formula is C10H10Br2N2O3. The average molecular weight is 366 g/mol. The zero-order chi connectivity index (χ0) is 12.8. The summed E-state index contributed by atoms with van der Waals surface area (Å²) in [6.45, 7) is 0. The lowest BCUT2D eigenvalue weighted by Gasteiger charge is -2.09. The number of benzene rings is 1. The van der Waals surface area contributed by atoms with Crippen molar-refractivity contribution in [3.05, 3.63) is 34.4 Å². The molecule has 0 saturated heterocycles. The summed E-state index contributed by atoms with van der Waals surface area (Å²) < 4.78 is 0. The van der Waals surface area contributed by atoms with Gasteiger partial charge in [-0.05, 0) is 12.5 Å². The standard InChI is InChI=1S/C10H10Br2N2O3/c11-5-4-9(12)10(15)13-7-2-1-3-8(6-7)14(16)17/h1-3,6,9H,4-5H2,(H,13,15). The van der Waals surface area contributed by atoms with Gasteiger partial charge in [-0.1, -0.05) is 37.9 Å². The van der Waals surface area contributed by atoms with E-state index in [-0.39, 0.29) is 16.4 Å². The minimum Gasteiger partial charge on any atom is -0.325 e. The second-order valence-corrected chi connectivity index (χ2v) is 5.14. The molecule has 0 bridgehead atoms. The number of rotatable bonds is 5. The molecule has 0 heterocycles. The first-order chi connectivity index (χ1) is 8.04. The van der Waals surface area contributed by atoms with E-state index in [1.165, 1.54) is 18.2 Å². The number of alkyl halides is 2. The number of nitro benzene ring substituents is 1. The molecule has 0 spiro atoms. The van der Waals surface area contributed by atoms with Crippen LogP contribution in [0.5, 0.6) is 0 Å². The Bertz CT molecular complexity index is 426. The van der Waals surface area contributed by atoms with E-state index < -0.39 is 4.92 Å². The molecular weight excluding hydrogens is 356 g/mol. The molecule has 0 saturated carbocycles. The number of hydrogen-bond acceptors (Lipinski definition) is 3. The summed E-state index contributed by atoms with van der Waals surface area (Å²) >= 11 is 6.47. The second-order valence-electron chi connectivity index (χ2n) is 3.24. The lowest BCUT2D eigenvalue weighted by Crippen LogP contribution is -2.23. The molecule has 1 rings (SSSR count). The van der Waals surface area contributed by atoms with Crippen molar-refractivity contribution >= 4 is 49.1 Å². The van der Waals surface area contributed by atoms with E-state index in [2.05, 4.69) is 37.2 Å². The van der Waals surface area contributed by atoms with Gasteiger partial charge in [-0.3, -0.25) is 14.9 Å². The normalized spacial score (nSPS) is 11.9. The van der Waals surface area contributed by atoms with Crippen LogP contribution in [0.25, 0.3) is 0 Å². The summed E-state index contributed by atoms with van der Waals surface area (Å²) in [5.41, 5.74) is 0.373. The number of carbonyl (C=O) groups excluding carboxylic acids is 1. The van der Waals surface area contributed by atoms with Gasteiger partial charge in [0.05, 0.1) is 9.75 Å². The van der Waals surface area contributed by atoms with Gasteiger partial charge >= 0.3 is 0 Å². The van der Waals surface area contributed by atoms with Gasteiger partial charge in [0.2, 0.25) is 5.91 Å². The Balaban J connectivity index is 2.71. The molecule has 0 radical (unpaired) electrons. The molecule has 0 aliphatic carbocycles. The van der Waals surface area contributed by atoms with Crippen molar-refractivity contribution in [3.8, 4) is 0 Å². The monoisotopic (exact) mass is 364 g/mol. The van der Waals surface area contributed by atoms with Crippen LogP contribution in [0, 0.1) is 10.1 Å². The van der Waals surface area contributed by atoms with Crippen LogP contribution >= 0.6 is 31.9 Å². The fraction of sp³-hybridized carbons (Fsp3) is 0.300. The number of hydrogen-bond donors (Lipinski definition) is 1. The van der Waals surface area contributed by atoms with Gasteiger partial charge in [0.15, 0.2) is 0 Å². The van der Waals surface area contributed by atoms with E-state index in [1.54, 1.807) is 6.07 Å². The summed E-state index contributed by atoms with van der Waals surface area (Å²) in [4.78, 5) is 21.4. The molecule has 0 fully saturated rings. The van der Waals surface area contributed by atoms with E-state index in [0.29, 0.717) is 17.4 Å².